The Morgan fingerprint density at radius 1 is 1.67 bits per heavy atom. The average molecular weight is 199 g/mol. The predicted molar refractivity (Wildman–Crippen MR) is 54.3 cm³/mol. The van der Waals surface area contributed by atoms with Gasteiger partial charge in [-0.1, -0.05) is 19.1 Å². The Morgan fingerprint density at radius 2 is 2.42 bits per heavy atom. The van der Waals surface area contributed by atoms with Gasteiger partial charge in [0.25, 0.3) is 0 Å². The maximum atomic E-state index is 5.40. The summed E-state index contributed by atoms with van der Waals surface area (Å²) in [5.41, 5.74) is 5.99. The first-order valence-electron chi connectivity index (χ1n) is 3.48. The van der Waals surface area contributed by atoms with Gasteiger partial charge in [-0.2, -0.15) is 0 Å². The van der Waals surface area contributed by atoms with Gasteiger partial charge in [0.05, 0.1) is 12.4 Å². The van der Waals surface area contributed by atoms with Crippen molar-refractivity contribution in [2.24, 2.45) is 5.73 Å². The Hall–Kier alpha value is -0.680. The first-order chi connectivity index (χ1) is 5.74. The number of thiocarbonyl (C=S) groups is 1. The average Bonchev–Trinajstić information content (AvgIpc) is 2.05. The van der Waals surface area contributed by atoms with Crippen molar-refractivity contribution in [1.82, 2.24) is 9.97 Å². The molecule has 0 amide bonds. The van der Waals surface area contributed by atoms with E-state index >= 15 is 0 Å². The molecule has 2 N–H and O–H groups in total. The molecule has 5 heteroatoms. The van der Waals surface area contributed by atoms with Crippen molar-refractivity contribution < 1.29 is 0 Å². The Morgan fingerprint density at radius 3 is 3.00 bits per heavy atom. The highest BCUT2D eigenvalue weighted by Gasteiger charge is 1.99. The van der Waals surface area contributed by atoms with E-state index in [4.69, 9.17) is 18.0 Å². The molecule has 0 saturated heterocycles. The van der Waals surface area contributed by atoms with E-state index in [1.807, 2.05) is 0 Å². The molecule has 0 aliphatic heterocycles. The van der Waals surface area contributed by atoms with Crippen molar-refractivity contribution in [3.8, 4) is 0 Å². The summed E-state index contributed by atoms with van der Waals surface area (Å²) >= 11 is 6.39. The summed E-state index contributed by atoms with van der Waals surface area (Å²) in [7, 11) is 0. The summed E-state index contributed by atoms with van der Waals surface area (Å²) in [6, 6.07) is 0. The van der Waals surface area contributed by atoms with Crippen LogP contribution in [0.3, 0.4) is 0 Å². The quantitative estimate of drug-likeness (QED) is 0.586. The van der Waals surface area contributed by atoms with Gasteiger partial charge in [-0.15, -0.1) is 11.8 Å². The van der Waals surface area contributed by atoms with E-state index in [0.29, 0.717) is 10.7 Å². The van der Waals surface area contributed by atoms with Crippen LogP contribution in [0, 0.1) is 0 Å². The minimum atomic E-state index is 0.293. The van der Waals surface area contributed by atoms with Crippen LogP contribution in [0.4, 0.5) is 0 Å². The number of nitrogens with two attached hydrogens (primary N) is 1. The van der Waals surface area contributed by atoms with Crippen molar-refractivity contribution in [1.29, 1.82) is 0 Å². The highest BCUT2D eigenvalue weighted by Crippen LogP contribution is 2.12. The monoisotopic (exact) mass is 199 g/mol. The third-order valence-electron chi connectivity index (χ3n) is 1.16. The molecule has 1 rings (SSSR count). The van der Waals surface area contributed by atoms with Crippen LogP contribution in [0.25, 0.3) is 0 Å². The van der Waals surface area contributed by atoms with Crippen LogP contribution in [0.2, 0.25) is 0 Å². The largest absolute Gasteiger partial charge is 0.388 e. The van der Waals surface area contributed by atoms with E-state index in [1.54, 1.807) is 24.2 Å². The normalized spacial score (nSPS) is 9.75. The lowest BCUT2D eigenvalue weighted by atomic mass is 10.5. The summed E-state index contributed by atoms with van der Waals surface area (Å²) in [6.07, 6.45) is 3.28. The highest BCUT2D eigenvalue weighted by molar-refractivity contribution is 7.99. The van der Waals surface area contributed by atoms with Gasteiger partial charge in [0, 0.05) is 0 Å². The van der Waals surface area contributed by atoms with Gasteiger partial charge in [0.2, 0.25) is 0 Å². The fourth-order valence-electron chi connectivity index (χ4n) is 0.684. The molecule has 0 aromatic carbocycles. The molecule has 1 aromatic rings. The number of aromatic nitrogens is 2. The summed E-state index contributed by atoms with van der Waals surface area (Å²) in [6.45, 7) is 2.06. The first kappa shape index (κ1) is 9.41. The Kier molecular flexibility index (Phi) is 3.43. The minimum Gasteiger partial charge on any atom is -0.388 e. The zero-order chi connectivity index (χ0) is 8.97. The summed E-state index contributed by atoms with van der Waals surface area (Å²) in [5, 5.41) is 0.864. The van der Waals surface area contributed by atoms with Crippen LogP contribution >= 0.6 is 24.0 Å². The molecule has 0 saturated carbocycles. The number of rotatable bonds is 3. The van der Waals surface area contributed by atoms with Crippen molar-refractivity contribution in [3.05, 3.63) is 18.1 Å². The molecule has 1 aromatic heterocycles. The van der Waals surface area contributed by atoms with Gasteiger partial charge in [0.15, 0.2) is 0 Å². The number of hydrogen-bond acceptors (Lipinski definition) is 4. The number of thioether (sulfide) groups is 1. The van der Waals surface area contributed by atoms with Crippen molar-refractivity contribution in [2.45, 2.75) is 11.9 Å². The topological polar surface area (TPSA) is 51.8 Å². The van der Waals surface area contributed by atoms with Crippen molar-refractivity contribution in [2.75, 3.05) is 5.75 Å². The van der Waals surface area contributed by atoms with Gasteiger partial charge in [-0.25, -0.2) is 4.98 Å². The van der Waals surface area contributed by atoms with E-state index < -0.39 is 0 Å². The van der Waals surface area contributed by atoms with Crippen LogP contribution in [-0.4, -0.2) is 20.7 Å². The third-order valence-corrected chi connectivity index (χ3v) is 2.15. The standard InChI is InChI=1S/C7H9N3S2/c1-2-12-6-4-9-3-5(10-6)7(8)11/h3-4H,2H2,1H3,(H2,8,11). The van der Waals surface area contributed by atoms with Gasteiger partial charge in [-0.3, -0.25) is 4.98 Å². The van der Waals surface area contributed by atoms with Gasteiger partial charge < -0.3 is 5.73 Å². The van der Waals surface area contributed by atoms with Crippen LogP contribution in [-0.2, 0) is 0 Å². The van der Waals surface area contributed by atoms with E-state index in [9.17, 15) is 0 Å². The lowest BCUT2D eigenvalue weighted by molar-refractivity contribution is 1.04. The fraction of sp³-hybridized carbons (Fsp3) is 0.286. The molecule has 0 spiro atoms. The molecule has 0 radical (unpaired) electrons. The third kappa shape index (κ3) is 2.42. The Bertz CT molecular complexity index is 288. The van der Waals surface area contributed by atoms with Crippen molar-refractivity contribution in [3.63, 3.8) is 0 Å². The number of hydrogen-bond donors (Lipinski definition) is 1. The maximum absolute atomic E-state index is 5.40. The molecule has 0 bridgehead atoms. The zero-order valence-electron chi connectivity index (χ0n) is 6.65. The fourth-order valence-corrected chi connectivity index (χ4v) is 1.38. The Balaban J connectivity index is 2.88. The van der Waals surface area contributed by atoms with Crippen LogP contribution in [0.15, 0.2) is 17.4 Å². The molecule has 0 unspecified atom stereocenters. The van der Waals surface area contributed by atoms with Crippen LogP contribution in [0.5, 0.6) is 0 Å². The van der Waals surface area contributed by atoms with E-state index in [1.165, 1.54) is 0 Å². The molecule has 3 nitrogen and oxygen atoms in total. The summed E-state index contributed by atoms with van der Waals surface area (Å²) in [5.74, 6) is 0.968. The Labute approximate surface area is 80.8 Å². The zero-order valence-corrected chi connectivity index (χ0v) is 8.28. The molecule has 0 atom stereocenters. The van der Waals surface area contributed by atoms with Gasteiger partial charge in [0.1, 0.15) is 15.7 Å². The summed E-state index contributed by atoms with van der Waals surface area (Å²) in [4.78, 5) is 8.46. The molecule has 1 heterocycles. The second-order valence-electron chi connectivity index (χ2n) is 2.04. The molecular weight excluding hydrogens is 190 g/mol. The van der Waals surface area contributed by atoms with E-state index in [0.717, 1.165) is 10.8 Å². The lowest BCUT2D eigenvalue weighted by Crippen LogP contribution is -2.12. The summed E-state index contributed by atoms with van der Waals surface area (Å²) < 4.78 is 0. The van der Waals surface area contributed by atoms with Crippen molar-refractivity contribution >= 4 is 29.0 Å². The van der Waals surface area contributed by atoms with Gasteiger partial charge >= 0.3 is 0 Å². The van der Waals surface area contributed by atoms with Gasteiger partial charge in [-0.05, 0) is 5.75 Å². The molecular formula is C7H9N3S2. The number of nitrogens with zero attached hydrogens (tertiary/aromatic N) is 2. The van der Waals surface area contributed by atoms with Crippen LogP contribution < -0.4 is 5.73 Å². The molecule has 0 aliphatic carbocycles. The highest BCUT2D eigenvalue weighted by atomic mass is 32.2. The molecule has 0 aliphatic rings. The first-order valence-corrected chi connectivity index (χ1v) is 4.88. The molecule has 0 fully saturated rings. The lowest BCUT2D eigenvalue weighted by Gasteiger charge is -1.99. The van der Waals surface area contributed by atoms with E-state index in [-0.39, 0.29) is 0 Å². The maximum Gasteiger partial charge on any atom is 0.124 e. The van der Waals surface area contributed by atoms with E-state index in [2.05, 4.69) is 16.9 Å². The second-order valence-corrected chi connectivity index (χ2v) is 3.76. The second kappa shape index (κ2) is 4.37. The predicted octanol–water partition coefficient (Wildman–Crippen LogP) is 1.22. The minimum absolute atomic E-state index is 0.293. The molecule has 12 heavy (non-hydrogen) atoms. The SMILES string of the molecule is CCSc1cncc(C(N)=S)n1. The molecule has 64 valence electrons. The smallest absolute Gasteiger partial charge is 0.124 e. The van der Waals surface area contributed by atoms with Crippen LogP contribution in [0.1, 0.15) is 12.6 Å².